The summed E-state index contributed by atoms with van der Waals surface area (Å²) >= 11 is 0. The first kappa shape index (κ1) is 12.7. The summed E-state index contributed by atoms with van der Waals surface area (Å²) in [6.07, 6.45) is 0. The van der Waals surface area contributed by atoms with Gasteiger partial charge in [0, 0.05) is 23.1 Å². The Balaban J connectivity index is 2.59. The number of hydrogen-bond donors (Lipinski definition) is 0. The molecule has 5 nitrogen and oxygen atoms in total. The molecule has 2 rings (SSSR count). The summed E-state index contributed by atoms with van der Waals surface area (Å²) in [6, 6.07) is 14.2. The second-order valence-electron chi connectivity index (χ2n) is 3.80. The van der Waals surface area contributed by atoms with Crippen LogP contribution in [0, 0.1) is 0 Å². The summed E-state index contributed by atoms with van der Waals surface area (Å²) in [5.41, 5.74) is 10.5. The van der Waals surface area contributed by atoms with Crippen LogP contribution in [0.1, 0.15) is 6.92 Å². The molecule has 94 valence electrons. The predicted octanol–water partition coefficient (Wildman–Crippen LogP) is 4.22. The molecular formula is C14H11N3O2. The number of azide groups is 1. The summed E-state index contributed by atoms with van der Waals surface area (Å²) in [7, 11) is 0. The van der Waals surface area contributed by atoms with Crippen molar-refractivity contribution in [2.24, 2.45) is 5.11 Å². The van der Waals surface area contributed by atoms with Crippen molar-refractivity contribution in [3.8, 4) is 16.9 Å². The minimum Gasteiger partial charge on any atom is -0.426 e. The van der Waals surface area contributed by atoms with Crippen LogP contribution in [0.5, 0.6) is 5.75 Å². The zero-order valence-corrected chi connectivity index (χ0v) is 10.3. The zero-order valence-electron chi connectivity index (χ0n) is 10.3. The highest BCUT2D eigenvalue weighted by Gasteiger charge is 2.10. The van der Waals surface area contributed by atoms with Crippen molar-refractivity contribution in [2.45, 2.75) is 6.92 Å². The van der Waals surface area contributed by atoms with Crippen LogP contribution in [0.2, 0.25) is 0 Å². The maximum absolute atomic E-state index is 11.1. The third-order valence-electron chi connectivity index (χ3n) is 2.49. The molecule has 5 heteroatoms. The first-order chi connectivity index (χ1) is 9.22. The van der Waals surface area contributed by atoms with Crippen molar-refractivity contribution in [3.63, 3.8) is 0 Å². The molecule has 0 saturated heterocycles. The van der Waals surface area contributed by atoms with Crippen molar-refractivity contribution >= 4 is 11.7 Å². The molecule has 0 bridgehead atoms. The Morgan fingerprint density at radius 3 is 2.42 bits per heavy atom. The summed E-state index contributed by atoms with van der Waals surface area (Å²) < 4.78 is 5.16. The van der Waals surface area contributed by atoms with E-state index in [0.717, 1.165) is 5.56 Å². The molecule has 0 aliphatic heterocycles. The molecule has 2 aromatic carbocycles. The van der Waals surface area contributed by atoms with Crippen LogP contribution in [0.25, 0.3) is 21.6 Å². The summed E-state index contributed by atoms with van der Waals surface area (Å²) in [5, 5.41) is 3.64. The molecule has 0 amide bonds. The van der Waals surface area contributed by atoms with Crippen molar-refractivity contribution in [1.82, 2.24) is 0 Å². The quantitative estimate of drug-likeness (QED) is 0.270. The highest BCUT2D eigenvalue weighted by atomic mass is 16.5. The topological polar surface area (TPSA) is 75.1 Å². The Labute approximate surface area is 110 Å². The highest BCUT2D eigenvalue weighted by Crippen LogP contribution is 2.36. The van der Waals surface area contributed by atoms with Crippen LogP contribution in [-0.2, 0) is 4.79 Å². The maximum atomic E-state index is 11.1. The van der Waals surface area contributed by atoms with E-state index in [9.17, 15) is 4.79 Å². The van der Waals surface area contributed by atoms with Gasteiger partial charge < -0.3 is 4.74 Å². The fourth-order valence-corrected chi connectivity index (χ4v) is 1.77. The lowest BCUT2D eigenvalue weighted by atomic mass is 10.0. The third kappa shape index (κ3) is 2.91. The fourth-order valence-electron chi connectivity index (χ4n) is 1.77. The van der Waals surface area contributed by atoms with E-state index in [4.69, 9.17) is 10.3 Å². The van der Waals surface area contributed by atoms with Gasteiger partial charge in [-0.1, -0.05) is 47.6 Å². The molecule has 19 heavy (non-hydrogen) atoms. The monoisotopic (exact) mass is 253 g/mol. The molecule has 2 aromatic rings. The number of rotatable bonds is 3. The first-order valence-corrected chi connectivity index (χ1v) is 5.64. The fraction of sp³-hybridized carbons (Fsp3) is 0.0714. The van der Waals surface area contributed by atoms with Gasteiger partial charge in [0.1, 0.15) is 5.75 Å². The Hall–Kier alpha value is -2.78. The van der Waals surface area contributed by atoms with Crippen molar-refractivity contribution in [3.05, 3.63) is 59.0 Å². The number of para-hydroxylation sites is 1. The van der Waals surface area contributed by atoms with Gasteiger partial charge in [0.25, 0.3) is 0 Å². The average molecular weight is 253 g/mol. The molecule has 0 atom stereocenters. The lowest BCUT2D eigenvalue weighted by Crippen LogP contribution is -2.02. The van der Waals surface area contributed by atoms with E-state index < -0.39 is 5.97 Å². The van der Waals surface area contributed by atoms with Gasteiger partial charge >= 0.3 is 5.97 Å². The normalized spacial score (nSPS) is 9.53. The van der Waals surface area contributed by atoms with E-state index in [0.29, 0.717) is 17.0 Å². The summed E-state index contributed by atoms with van der Waals surface area (Å²) in [4.78, 5) is 13.9. The van der Waals surface area contributed by atoms with E-state index in [-0.39, 0.29) is 0 Å². The van der Waals surface area contributed by atoms with Crippen molar-refractivity contribution in [2.75, 3.05) is 0 Å². The molecule has 0 spiro atoms. The number of carbonyl (C=O) groups excluding carboxylic acids is 1. The van der Waals surface area contributed by atoms with E-state index in [1.807, 2.05) is 24.3 Å². The van der Waals surface area contributed by atoms with Crippen LogP contribution in [0.3, 0.4) is 0 Å². The molecule has 0 aliphatic carbocycles. The molecular weight excluding hydrogens is 242 g/mol. The predicted molar refractivity (Wildman–Crippen MR) is 72.0 cm³/mol. The summed E-state index contributed by atoms with van der Waals surface area (Å²) in [6.45, 7) is 1.34. The molecule has 0 saturated carbocycles. The van der Waals surface area contributed by atoms with Crippen LogP contribution in [-0.4, -0.2) is 5.97 Å². The van der Waals surface area contributed by atoms with Gasteiger partial charge in [-0.05, 0) is 17.2 Å². The molecule has 0 fully saturated rings. The van der Waals surface area contributed by atoms with E-state index in [2.05, 4.69) is 10.0 Å². The van der Waals surface area contributed by atoms with E-state index in [1.165, 1.54) is 6.92 Å². The van der Waals surface area contributed by atoms with Gasteiger partial charge in [-0.3, -0.25) is 4.79 Å². The maximum Gasteiger partial charge on any atom is 0.308 e. The third-order valence-corrected chi connectivity index (χ3v) is 2.49. The Morgan fingerprint density at radius 1 is 1.11 bits per heavy atom. The van der Waals surface area contributed by atoms with Gasteiger partial charge in [-0.25, -0.2) is 0 Å². The number of ether oxygens (including phenoxy) is 1. The highest BCUT2D eigenvalue weighted by molar-refractivity contribution is 5.82. The Morgan fingerprint density at radius 2 is 1.74 bits per heavy atom. The first-order valence-electron chi connectivity index (χ1n) is 5.64. The van der Waals surface area contributed by atoms with Gasteiger partial charge in [0.15, 0.2) is 0 Å². The van der Waals surface area contributed by atoms with Gasteiger partial charge in [-0.2, -0.15) is 0 Å². The zero-order chi connectivity index (χ0) is 13.7. The van der Waals surface area contributed by atoms with Crippen LogP contribution < -0.4 is 4.74 Å². The smallest absolute Gasteiger partial charge is 0.308 e. The number of carbonyl (C=O) groups is 1. The molecule has 0 heterocycles. The summed E-state index contributed by atoms with van der Waals surface area (Å²) in [5.74, 6) is 0.0457. The van der Waals surface area contributed by atoms with Gasteiger partial charge in [-0.15, -0.1) is 0 Å². The van der Waals surface area contributed by atoms with E-state index >= 15 is 0 Å². The molecule has 0 unspecified atom stereocenters. The standard InChI is InChI=1S/C14H11N3O2/c1-10(18)19-14-9-5-3-7-12(14)11-6-2-4-8-13(11)16-17-15/h2-9H,1H3. The number of nitrogens with zero attached hydrogens (tertiary/aromatic N) is 3. The molecule has 0 N–H and O–H groups in total. The molecule has 0 aromatic heterocycles. The SMILES string of the molecule is CC(=O)Oc1ccccc1-c1ccccc1N=[N+]=[N-]. The lowest BCUT2D eigenvalue weighted by molar-refractivity contribution is -0.131. The van der Waals surface area contributed by atoms with Gasteiger partial charge in [0.2, 0.25) is 0 Å². The van der Waals surface area contributed by atoms with E-state index in [1.54, 1.807) is 24.3 Å². The van der Waals surface area contributed by atoms with Crippen molar-refractivity contribution < 1.29 is 9.53 Å². The van der Waals surface area contributed by atoms with Crippen LogP contribution in [0.4, 0.5) is 5.69 Å². The number of benzene rings is 2. The average Bonchev–Trinajstić information content (AvgIpc) is 2.40. The minimum atomic E-state index is -0.395. The van der Waals surface area contributed by atoms with Crippen LogP contribution in [0.15, 0.2) is 53.6 Å². The van der Waals surface area contributed by atoms with Crippen LogP contribution >= 0.6 is 0 Å². The lowest BCUT2D eigenvalue weighted by Gasteiger charge is -2.10. The molecule has 0 radical (unpaired) electrons. The number of esters is 1. The second kappa shape index (κ2) is 5.71. The largest absolute Gasteiger partial charge is 0.426 e. The Bertz CT molecular complexity index is 661. The van der Waals surface area contributed by atoms with Gasteiger partial charge in [0.05, 0.1) is 0 Å². The minimum absolute atomic E-state index is 0.395. The van der Waals surface area contributed by atoms with Crippen molar-refractivity contribution in [1.29, 1.82) is 0 Å². The molecule has 0 aliphatic rings. The second-order valence-corrected chi connectivity index (χ2v) is 3.80. The Kier molecular flexibility index (Phi) is 3.81. The number of hydrogen-bond acceptors (Lipinski definition) is 3.